The second-order valence-corrected chi connectivity index (χ2v) is 5.17. The molecular weight excluding hydrogens is 353 g/mol. The molecule has 17 heavy (non-hydrogen) atoms. The van der Waals surface area contributed by atoms with Gasteiger partial charge in [0.1, 0.15) is 5.82 Å². The van der Waals surface area contributed by atoms with Gasteiger partial charge in [0.05, 0.1) is 12.3 Å². The summed E-state index contributed by atoms with van der Waals surface area (Å²) in [4.78, 5) is 0. The molecule has 0 saturated carbocycles. The number of nitrogens with one attached hydrogen (secondary N) is 1. The third-order valence-electron chi connectivity index (χ3n) is 2.51. The molecule has 90 valence electrons. The zero-order valence-corrected chi connectivity index (χ0v) is 12.2. The third-order valence-corrected chi connectivity index (χ3v) is 3.65. The van der Waals surface area contributed by atoms with Crippen molar-refractivity contribution in [2.45, 2.75) is 6.04 Å². The zero-order chi connectivity index (χ0) is 12.4. The van der Waals surface area contributed by atoms with Crippen LogP contribution in [0.1, 0.15) is 17.2 Å². The predicted octanol–water partition coefficient (Wildman–Crippen LogP) is 4.25. The Balaban J connectivity index is 2.49. The van der Waals surface area contributed by atoms with Gasteiger partial charge in [0.15, 0.2) is 4.67 Å². The van der Waals surface area contributed by atoms with Gasteiger partial charge < -0.3 is 9.73 Å². The normalized spacial score (nSPS) is 12.7. The van der Waals surface area contributed by atoms with Crippen molar-refractivity contribution < 1.29 is 8.81 Å². The quantitative estimate of drug-likeness (QED) is 0.882. The molecule has 0 bridgehead atoms. The Labute approximate surface area is 115 Å². The van der Waals surface area contributed by atoms with Crippen LogP contribution in [0.25, 0.3) is 0 Å². The summed E-state index contributed by atoms with van der Waals surface area (Å²) in [7, 11) is 1.78. The second-order valence-electron chi connectivity index (χ2n) is 3.54. The van der Waals surface area contributed by atoms with E-state index in [1.165, 1.54) is 6.07 Å². The molecule has 1 aromatic heterocycles. The maximum Gasteiger partial charge on any atom is 0.174 e. The summed E-state index contributed by atoms with van der Waals surface area (Å²) in [6.07, 6.45) is 1.57. The van der Waals surface area contributed by atoms with Crippen molar-refractivity contribution in [1.82, 2.24) is 5.32 Å². The van der Waals surface area contributed by atoms with Crippen molar-refractivity contribution in [3.05, 3.63) is 56.6 Å². The minimum absolute atomic E-state index is 0.249. The smallest absolute Gasteiger partial charge is 0.174 e. The van der Waals surface area contributed by atoms with Crippen LogP contribution in [0.5, 0.6) is 0 Å². The van der Waals surface area contributed by atoms with Crippen molar-refractivity contribution in [2.75, 3.05) is 7.05 Å². The lowest BCUT2D eigenvalue weighted by Gasteiger charge is -2.16. The fraction of sp³-hybridized carbons (Fsp3) is 0.167. The average molecular weight is 363 g/mol. The standard InChI is InChI=1S/C12H10Br2FNO/c1-16-11(8-4-5-17-12(8)14)9-6-7(13)2-3-10(9)15/h2-6,11,16H,1H3. The van der Waals surface area contributed by atoms with Gasteiger partial charge in [-0.3, -0.25) is 0 Å². The Morgan fingerprint density at radius 1 is 1.24 bits per heavy atom. The Kier molecular flexibility index (Phi) is 4.01. The molecular formula is C12H10Br2FNO. The first-order valence-corrected chi connectivity index (χ1v) is 6.57. The van der Waals surface area contributed by atoms with Crippen LogP contribution in [0.2, 0.25) is 0 Å². The third kappa shape index (κ3) is 2.61. The molecule has 1 N–H and O–H groups in total. The van der Waals surface area contributed by atoms with Crippen LogP contribution in [0.3, 0.4) is 0 Å². The highest BCUT2D eigenvalue weighted by molar-refractivity contribution is 9.10. The van der Waals surface area contributed by atoms with Crippen molar-refractivity contribution in [2.24, 2.45) is 0 Å². The minimum Gasteiger partial charge on any atom is -0.457 e. The van der Waals surface area contributed by atoms with E-state index in [4.69, 9.17) is 4.42 Å². The van der Waals surface area contributed by atoms with Gasteiger partial charge in [-0.05, 0) is 47.2 Å². The number of hydrogen-bond donors (Lipinski definition) is 1. The van der Waals surface area contributed by atoms with E-state index in [0.717, 1.165) is 10.0 Å². The lowest BCUT2D eigenvalue weighted by atomic mass is 10.0. The first-order chi connectivity index (χ1) is 8.13. The maximum atomic E-state index is 13.8. The molecule has 2 aromatic rings. The van der Waals surface area contributed by atoms with Crippen LogP contribution in [-0.2, 0) is 0 Å². The van der Waals surface area contributed by atoms with Crippen molar-refractivity contribution in [1.29, 1.82) is 0 Å². The predicted molar refractivity (Wildman–Crippen MR) is 71.4 cm³/mol. The fourth-order valence-corrected chi connectivity index (χ4v) is 2.57. The summed E-state index contributed by atoms with van der Waals surface area (Å²) in [5.74, 6) is -0.249. The van der Waals surface area contributed by atoms with Crippen LogP contribution in [0.4, 0.5) is 4.39 Å². The highest BCUT2D eigenvalue weighted by Gasteiger charge is 2.20. The van der Waals surface area contributed by atoms with Gasteiger partial charge >= 0.3 is 0 Å². The molecule has 0 spiro atoms. The summed E-state index contributed by atoms with van der Waals surface area (Å²) in [5.41, 5.74) is 1.44. The molecule has 0 saturated heterocycles. The maximum absolute atomic E-state index is 13.8. The van der Waals surface area contributed by atoms with Gasteiger partial charge in [0.25, 0.3) is 0 Å². The molecule has 1 aromatic carbocycles. The number of rotatable bonds is 3. The molecule has 1 unspecified atom stereocenters. The summed E-state index contributed by atoms with van der Waals surface area (Å²) < 4.78 is 20.5. The summed E-state index contributed by atoms with van der Waals surface area (Å²) in [6.45, 7) is 0. The van der Waals surface area contributed by atoms with Gasteiger partial charge in [-0.25, -0.2) is 4.39 Å². The van der Waals surface area contributed by atoms with E-state index in [2.05, 4.69) is 37.2 Å². The lowest BCUT2D eigenvalue weighted by Crippen LogP contribution is -2.18. The highest BCUT2D eigenvalue weighted by Crippen LogP contribution is 2.31. The van der Waals surface area contributed by atoms with Gasteiger partial charge in [0, 0.05) is 15.6 Å². The van der Waals surface area contributed by atoms with Crippen molar-refractivity contribution in [3.8, 4) is 0 Å². The first kappa shape index (κ1) is 12.8. The van der Waals surface area contributed by atoms with Gasteiger partial charge in [-0.15, -0.1) is 0 Å². The summed E-state index contributed by atoms with van der Waals surface area (Å²) >= 11 is 6.65. The Hall–Kier alpha value is -0.650. The van der Waals surface area contributed by atoms with Gasteiger partial charge in [0.2, 0.25) is 0 Å². The minimum atomic E-state index is -0.249. The molecule has 0 aliphatic heterocycles. The number of halogens is 3. The van der Waals surface area contributed by atoms with Crippen LogP contribution in [0.15, 0.2) is 44.1 Å². The molecule has 0 radical (unpaired) electrons. The zero-order valence-electron chi connectivity index (χ0n) is 9.01. The van der Waals surface area contributed by atoms with E-state index in [-0.39, 0.29) is 11.9 Å². The molecule has 2 nitrogen and oxygen atoms in total. The van der Waals surface area contributed by atoms with E-state index < -0.39 is 0 Å². The average Bonchev–Trinajstić information content (AvgIpc) is 2.71. The number of benzene rings is 1. The SMILES string of the molecule is CNC(c1cc(Br)ccc1F)c1ccoc1Br. The topological polar surface area (TPSA) is 25.2 Å². The van der Waals surface area contributed by atoms with Crippen LogP contribution in [-0.4, -0.2) is 7.05 Å². The molecule has 0 amide bonds. The highest BCUT2D eigenvalue weighted by atomic mass is 79.9. The molecule has 2 rings (SSSR count). The molecule has 0 fully saturated rings. The molecule has 1 heterocycles. The Morgan fingerprint density at radius 2 is 2.00 bits per heavy atom. The van der Waals surface area contributed by atoms with E-state index >= 15 is 0 Å². The first-order valence-electron chi connectivity index (χ1n) is 4.98. The lowest BCUT2D eigenvalue weighted by molar-refractivity contribution is 0.525. The summed E-state index contributed by atoms with van der Waals surface area (Å²) in [5, 5.41) is 3.08. The Bertz CT molecular complexity index is 527. The van der Waals surface area contributed by atoms with Gasteiger partial charge in [-0.1, -0.05) is 15.9 Å². The van der Waals surface area contributed by atoms with E-state index in [9.17, 15) is 4.39 Å². The number of furan rings is 1. The number of hydrogen-bond acceptors (Lipinski definition) is 2. The van der Waals surface area contributed by atoms with E-state index in [0.29, 0.717) is 10.2 Å². The summed E-state index contributed by atoms with van der Waals surface area (Å²) in [6, 6.07) is 6.44. The Morgan fingerprint density at radius 3 is 2.59 bits per heavy atom. The van der Waals surface area contributed by atoms with E-state index in [1.807, 2.05) is 6.07 Å². The van der Waals surface area contributed by atoms with Crippen molar-refractivity contribution >= 4 is 31.9 Å². The van der Waals surface area contributed by atoms with Gasteiger partial charge in [-0.2, -0.15) is 0 Å². The molecule has 0 aliphatic carbocycles. The van der Waals surface area contributed by atoms with Crippen LogP contribution in [0, 0.1) is 5.82 Å². The molecule has 5 heteroatoms. The fourth-order valence-electron chi connectivity index (χ4n) is 1.72. The largest absolute Gasteiger partial charge is 0.457 e. The second kappa shape index (κ2) is 5.33. The van der Waals surface area contributed by atoms with E-state index in [1.54, 1.807) is 25.4 Å². The molecule has 1 atom stereocenters. The monoisotopic (exact) mass is 361 g/mol. The van der Waals surface area contributed by atoms with Crippen LogP contribution >= 0.6 is 31.9 Å². The molecule has 0 aliphatic rings. The van der Waals surface area contributed by atoms with Crippen LogP contribution < -0.4 is 5.32 Å². The van der Waals surface area contributed by atoms with Crippen molar-refractivity contribution in [3.63, 3.8) is 0 Å².